The van der Waals surface area contributed by atoms with Crippen LogP contribution in [-0.4, -0.2) is 19.1 Å². The third kappa shape index (κ3) is 4.29. The van der Waals surface area contributed by atoms with Crippen LogP contribution in [-0.2, 0) is 4.79 Å². The highest BCUT2D eigenvalue weighted by Crippen LogP contribution is 2.31. The fourth-order valence-corrected chi connectivity index (χ4v) is 3.13. The molecule has 0 saturated heterocycles. The number of carbonyl (C=O) groups is 1. The summed E-state index contributed by atoms with van der Waals surface area (Å²) >= 11 is 3.44. The zero-order valence-corrected chi connectivity index (χ0v) is 14.9. The Morgan fingerprint density at radius 3 is 2.88 bits per heavy atom. The Morgan fingerprint density at radius 1 is 1.21 bits per heavy atom. The van der Waals surface area contributed by atoms with Crippen LogP contribution in [0.3, 0.4) is 0 Å². The van der Waals surface area contributed by atoms with Crippen molar-refractivity contribution in [1.82, 2.24) is 5.32 Å². The summed E-state index contributed by atoms with van der Waals surface area (Å²) in [7, 11) is 0. The number of benzene rings is 2. The molecule has 1 aliphatic rings. The Bertz CT molecular complexity index is 705. The van der Waals surface area contributed by atoms with Gasteiger partial charge in [-0.25, -0.2) is 0 Å². The molecule has 1 N–H and O–H groups in total. The van der Waals surface area contributed by atoms with Gasteiger partial charge in [-0.15, -0.1) is 0 Å². The summed E-state index contributed by atoms with van der Waals surface area (Å²) in [6.07, 6.45) is 1.93. The van der Waals surface area contributed by atoms with Crippen LogP contribution >= 0.6 is 15.9 Å². The fourth-order valence-electron chi connectivity index (χ4n) is 2.74. The number of hydrogen-bond donors (Lipinski definition) is 1. The Morgan fingerprint density at radius 2 is 2.00 bits per heavy atom. The van der Waals surface area contributed by atoms with Gasteiger partial charge in [0.15, 0.2) is 0 Å². The predicted octanol–water partition coefficient (Wildman–Crippen LogP) is 4.25. The molecule has 0 saturated carbocycles. The molecule has 0 aliphatic carbocycles. The van der Waals surface area contributed by atoms with E-state index >= 15 is 0 Å². The molecule has 0 spiro atoms. The van der Waals surface area contributed by atoms with Crippen molar-refractivity contribution in [2.45, 2.75) is 25.3 Å². The molecule has 2 aromatic carbocycles. The minimum absolute atomic E-state index is 0.0339. The minimum Gasteiger partial charge on any atom is -0.493 e. The summed E-state index contributed by atoms with van der Waals surface area (Å²) in [5, 5.41) is 3.10. The van der Waals surface area contributed by atoms with E-state index in [1.165, 1.54) is 0 Å². The molecular weight excluding hydrogens is 370 g/mol. The second-order valence-corrected chi connectivity index (χ2v) is 6.53. The molecule has 5 heteroatoms. The maximum atomic E-state index is 12.2. The lowest BCUT2D eigenvalue weighted by Crippen LogP contribution is -2.32. The average Bonchev–Trinajstić information content (AvgIpc) is 2.60. The van der Waals surface area contributed by atoms with Crippen LogP contribution in [0.1, 0.15) is 30.9 Å². The standard InChI is InChI=1S/C19H20BrNO3/c20-15-7-2-4-9-18(15)23-12-5-10-19(22)21-16-11-13-24-17-8-3-1-6-14(16)17/h1-4,6-9,16H,5,10-13H2,(H,21,22). The van der Waals surface area contributed by atoms with Gasteiger partial charge in [-0.3, -0.25) is 4.79 Å². The van der Waals surface area contributed by atoms with Crippen LogP contribution in [0.5, 0.6) is 11.5 Å². The highest BCUT2D eigenvalue weighted by atomic mass is 79.9. The van der Waals surface area contributed by atoms with Gasteiger partial charge >= 0.3 is 0 Å². The SMILES string of the molecule is O=C(CCCOc1ccccc1Br)NC1CCOc2ccccc21. The first-order valence-electron chi connectivity index (χ1n) is 8.12. The lowest BCUT2D eigenvalue weighted by atomic mass is 10.0. The molecule has 0 radical (unpaired) electrons. The smallest absolute Gasteiger partial charge is 0.220 e. The maximum absolute atomic E-state index is 12.2. The quantitative estimate of drug-likeness (QED) is 0.751. The molecule has 1 heterocycles. The van der Waals surface area contributed by atoms with Gasteiger partial charge in [0.25, 0.3) is 0 Å². The molecule has 3 rings (SSSR count). The molecule has 1 atom stereocenters. The van der Waals surface area contributed by atoms with E-state index < -0.39 is 0 Å². The maximum Gasteiger partial charge on any atom is 0.220 e. The number of halogens is 1. The monoisotopic (exact) mass is 389 g/mol. The first kappa shape index (κ1) is 16.8. The zero-order chi connectivity index (χ0) is 16.8. The highest BCUT2D eigenvalue weighted by molar-refractivity contribution is 9.10. The Kier molecular flexibility index (Phi) is 5.75. The summed E-state index contributed by atoms with van der Waals surface area (Å²) in [4.78, 5) is 12.2. The molecule has 1 unspecified atom stereocenters. The van der Waals surface area contributed by atoms with Gasteiger partial charge in [0.2, 0.25) is 5.91 Å². The molecule has 126 valence electrons. The van der Waals surface area contributed by atoms with Crippen LogP contribution in [0.25, 0.3) is 0 Å². The van der Waals surface area contributed by atoms with E-state index in [1.54, 1.807) is 0 Å². The van der Waals surface area contributed by atoms with Crippen LogP contribution in [0.2, 0.25) is 0 Å². The normalized spacial score (nSPS) is 16.0. The van der Waals surface area contributed by atoms with Crippen molar-refractivity contribution in [3.63, 3.8) is 0 Å². The Labute approximate surface area is 150 Å². The third-order valence-electron chi connectivity index (χ3n) is 3.94. The van der Waals surface area contributed by atoms with Gasteiger partial charge in [-0.1, -0.05) is 30.3 Å². The molecule has 2 aromatic rings. The number of ether oxygens (including phenoxy) is 2. The van der Waals surface area contributed by atoms with E-state index in [-0.39, 0.29) is 11.9 Å². The summed E-state index contributed by atoms with van der Waals surface area (Å²) in [6.45, 7) is 1.15. The van der Waals surface area contributed by atoms with E-state index in [2.05, 4.69) is 21.2 Å². The summed E-state index contributed by atoms with van der Waals surface area (Å²) < 4.78 is 12.2. The second-order valence-electron chi connectivity index (χ2n) is 5.68. The lowest BCUT2D eigenvalue weighted by Gasteiger charge is -2.26. The third-order valence-corrected chi connectivity index (χ3v) is 4.59. The van der Waals surface area contributed by atoms with E-state index in [4.69, 9.17) is 9.47 Å². The van der Waals surface area contributed by atoms with Crippen molar-refractivity contribution in [2.24, 2.45) is 0 Å². The molecule has 1 aliphatic heterocycles. The van der Waals surface area contributed by atoms with Gasteiger partial charge in [0.05, 0.1) is 23.7 Å². The van der Waals surface area contributed by atoms with Crippen molar-refractivity contribution in [2.75, 3.05) is 13.2 Å². The largest absolute Gasteiger partial charge is 0.493 e. The van der Waals surface area contributed by atoms with Crippen molar-refractivity contribution in [1.29, 1.82) is 0 Å². The Balaban J connectivity index is 1.44. The van der Waals surface area contributed by atoms with E-state index in [1.807, 2.05) is 48.5 Å². The number of rotatable bonds is 6. The zero-order valence-electron chi connectivity index (χ0n) is 13.3. The number of amides is 1. The van der Waals surface area contributed by atoms with Gasteiger partial charge in [0, 0.05) is 18.4 Å². The predicted molar refractivity (Wildman–Crippen MR) is 96.3 cm³/mol. The summed E-state index contributed by atoms with van der Waals surface area (Å²) in [6, 6.07) is 15.6. The van der Waals surface area contributed by atoms with Gasteiger partial charge in [0.1, 0.15) is 11.5 Å². The number of fused-ring (bicyclic) bond motifs is 1. The molecule has 0 bridgehead atoms. The average molecular weight is 390 g/mol. The Hall–Kier alpha value is -2.01. The first-order chi connectivity index (χ1) is 11.7. The number of para-hydroxylation sites is 2. The van der Waals surface area contributed by atoms with Gasteiger partial charge in [-0.05, 0) is 40.5 Å². The van der Waals surface area contributed by atoms with Crippen LogP contribution in [0, 0.1) is 0 Å². The van der Waals surface area contributed by atoms with Crippen molar-refractivity contribution >= 4 is 21.8 Å². The minimum atomic E-state index is 0.0339. The highest BCUT2D eigenvalue weighted by Gasteiger charge is 2.22. The number of hydrogen-bond acceptors (Lipinski definition) is 3. The molecule has 0 aromatic heterocycles. The second kappa shape index (κ2) is 8.20. The lowest BCUT2D eigenvalue weighted by molar-refractivity contribution is -0.122. The molecule has 24 heavy (non-hydrogen) atoms. The molecule has 4 nitrogen and oxygen atoms in total. The molecular formula is C19H20BrNO3. The van der Waals surface area contributed by atoms with E-state index in [0.29, 0.717) is 26.1 Å². The van der Waals surface area contributed by atoms with Gasteiger partial charge < -0.3 is 14.8 Å². The van der Waals surface area contributed by atoms with E-state index in [9.17, 15) is 4.79 Å². The van der Waals surface area contributed by atoms with Gasteiger partial charge in [-0.2, -0.15) is 0 Å². The van der Waals surface area contributed by atoms with Crippen molar-refractivity contribution < 1.29 is 14.3 Å². The van der Waals surface area contributed by atoms with E-state index in [0.717, 1.165) is 28.0 Å². The van der Waals surface area contributed by atoms with Crippen LogP contribution < -0.4 is 14.8 Å². The molecule has 0 fully saturated rings. The molecule has 1 amide bonds. The van der Waals surface area contributed by atoms with Crippen LogP contribution in [0.4, 0.5) is 0 Å². The number of nitrogens with one attached hydrogen (secondary N) is 1. The first-order valence-corrected chi connectivity index (χ1v) is 8.92. The van der Waals surface area contributed by atoms with Crippen molar-refractivity contribution in [3.05, 3.63) is 58.6 Å². The number of carbonyl (C=O) groups excluding carboxylic acids is 1. The fraction of sp³-hybridized carbons (Fsp3) is 0.316. The van der Waals surface area contributed by atoms with Crippen LogP contribution in [0.15, 0.2) is 53.0 Å². The topological polar surface area (TPSA) is 47.6 Å². The summed E-state index contributed by atoms with van der Waals surface area (Å²) in [5.41, 5.74) is 1.06. The van der Waals surface area contributed by atoms with Crippen molar-refractivity contribution in [3.8, 4) is 11.5 Å². The summed E-state index contributed by atoms with van der Waals surface area (Å²) in [5.74, 6) is 1.72.